The third kappa shape index (κ3) is 1.95. The highest BCUT2D eigenvalue weighted by Crippen LogP contribution is 2.39. The van der Waals surface area contributed by atoms with E-state index in [1.165, 1.54) is 12.8 Å². The number of alkyl halides is 1. The van der Waals surface area contributed by atoms with Gasteiger partial charge in [-0.15, -0.1) is 11.3 Å². The van der Waals surface area contributed by atoms with Gasteiger partial charge in [0.15, 0.2) is 0 Å². The van der Waals surface area contributed by atoms with Crippen molar-refractivity contribution >= 4 is 33.2 Å². The van der Waals surface area contributed by atoms with Gasteiger partial charge in [0.2, 0.25) is 0 Å². The van der Waals surface area contributed by atoms with Gasteiger partial charge < -0.3 is 4.90 Å². The monoisotopic (exact) mass is 313 g/mol. The molecule has 2 aliphatic heterocycles. The predicted octanol–water partition coefficient (Wildman–Crippen LogP) is 3.59. The highest BCUT2D eigenvalue weighted by molar-refractivity contribution is 9.09. The Morgan fingerprint density at radius 1 is 1.41 bits per heavy atom. The Labute approximate surface area is 114 Å². The van der Waals surface area contributed by atoms with E-state index in [-0.39, 0.29) is 5.91 Å². The Hall–Kier alpha value is -0.350. The Balaban J connectivity index is 1.86. The largest absolute Gasteiger partial charge is 0.332 e. The molecule has 0 radical (unpaired) electrons. The molecule has 4 heteroatoms. The Kier molecular flexibility index (Phi) is 3.03. The van der Waals surface area contributed by atoms with E-state index in [0.717, 1.165) is 23.3 Å². The summed E-state index contributed by atoms with van der Waals surface area (Å²) >= 11 is 5.29. The molecule has 92 valence electrons. The van der Waals surface area contributed by atoms with Crippen LogP contribution in [0.25, 0.3) is 0 Å². The Morgan fingerprint density at radius 3 is 2.59 bits per heavy atom. The zero-order valence-electron chi connectivity index (χ0n) is 9.86. The summed E-state index contributed by atoms with van der Waals surface area (Å²) in [6.45, 7) is 2.03. The molecule has 0 N–H and O–H groups in total. The minimum absolute atomic E-state index is 0.268. The number of aryl methyl sites for hydroxylation is 1. The van der Waals surface area contributed by atoms with Crippen LogP contribution in [0.15, 0.2) is 11.4 Å². The molecule has 1 aromatic heterocycles. The molecule has 0 spiro atoms. The van der Waals surface area contributed by atoms with Crippen molar-refractivity contribution in [1.29, 1.82) is 0 Å². The first-order chi connectivity index (χ1) is 8.16. The molecular weight excluding hydrogens is 298 g/mol. The molecule has 3 rings (SSSR count). The van der Waals surface area contributed by atoms with Gasteiger partial charge in [-0.25, -0.2) is 0 Å². The number of hydrogen-bond acceptors (Lipinski definition) is 2. The van der Waals surface area contributed by atoms with Crippen LogP contribution < -0.4 is 0 Å². The van der Waals surface area contributed by atoms with Gasteiger partial charge in [0, 0.05) is 16.9 Å². The van der Waals surface area contributed by atoms with Crippen molar-refractivity contribution in [1.82, 2.24) is 4.90 Å². The van der Waals surface area contributed by atoms with Gasteiger partial charge in [-0.3, -0.25) is 4.79 Å². The molecule has 0 aromatic carbocycles. The molecule has 0 saturated carbocycles. The summed E-state index contributed by atoms with van der Waals surface area (Å²) < 4.78 is 0. The SMILES string of the molecule is Cc1ccsc1C(=O)N1C2CCC1CC(Br)C2. The first kappa shape index (κ1) is 11.7. The summed E-state index contributed by atoms with van der Waals surface area (Å²) in [5.74, 6) is 0.268. The number of rotatable bonds is 1. The van der Waals surface area contributed by atoms with Gasteiger partial charge in [-0.2, -0.15) is 0 Å². The number of carbonyl (C=O) groups excluding carboxylic acids is 1. The second-order valence-corrected chi connectivity index (χ2v) is 7.31. The fourth-order valence-electron chi connectivity index (χ4n) is 3.15. The lowest BCUT2D eigenvalue weighted by Crippen LogP contribution is -2.46. The molecular formula is C13H16BrNOS. The van der Waals surface area contributed by atoms with Crippen molar-refractivity contribution in [2.24, 2.45) is 0 Å². The van der Waals surface area contributed by atoms with Gasteiger partial charge >= 0.3 is 0 Å². The van der Waals surface area contributed by atoms with Gasteiger partial charge in [0.05, 0.1) is 4.88 Å². The van der Waals surface area contributed by atoms with Crippen LogP contribution in [0.5, 0.6) is 0 Å². The maximum Gasteiger partial charge on any atom is 0.264 e. The predicted molar refractivity (Wildman–Crippen MR) is 74.0 cm³/mol. The summed E-state index contributed by atoms with van der Waals surface area (Å²) in [6.07, 6.45) is 4.60. The lowest BCUT2D eigenvalue weighted by atomic mass is 10.0. The molecule has 1 aromatic rings. The van der Waals surface area contributed by atoms with Gasteiger partial charge in [0.25, 0.3) is 5.91 Å². The summed E-state index contributed by atoms with van der Waals surface area (Å²) in [7, 11) is 0. The maximum atomic E-state index is 12.6. The van der Waals surface area contributed by atoms with Crippen LogP contribution in [0.4, 0.5) is 0 Å². The van der Waals surface area contributed by atoms with E-state index in [0.29, 0.717) is 16.9 Å². The molecule has 2 atom stereocenters. The van der Waals surface area contributed by atoms with Gasteiger partial charge in [0.1, 0.15) is 0 Å². The van der Waals surface area contributed by atoms with E-state index in [1.807, 2.05) is 18.4 Å². The van der Waals surface area contributed by atoms with Crippen molar-refractivity contribution in [3.05, 3.63) is 21.9 Å². The molecule has 2 bridgehead atoms. The second kappa shape index (κ2) is 4.39. The van der Waals surface area contributed by atoms with E-state index >= 15 is 0 Å². The van der Waals surface area contributed by atoms with Crippen LogP contribution >= 0.6 is 27.3 Å². The standard InChI is InChI=1S/C13H16BrNOS/c1-8-4-5-17-12(8)13(16)15-10-2-3-11(15)7-9(14)6-10/h4-5,9-11H,2-3,6-7H2,1H3. The quantitative estimate of drug-likeness (QED) is 0.726. The lowest BCUT2D eigenvalue weighted by molar-refractivity contribution is 0.0608. The summed E-state index contributed by atoms with van der Waals surface area (Å²) in [5, 5.41) is 2.02. The van der Waals surface area contributed by atoms with Crippen LogP contribution in [-0.2, 0) is 0 Å². The van der Waals surface area contributed by atoms with Crippen LogP contribution in [0.3, 0.4) is 0 Å². The molecule has 0 aliphatic carbocycles. The highest BCUT2D eigenvalue weighted by Gasteiger charge is 2.43. The maximum absolute atomic E-state index is 12.6. The second-order valence-electron chi connectivity index (χ2n) is 5.10. The summed E-state index contributed by atoms with van der Waals surface area (Å²) in [4.78, 5) is 16.3. The van der Waals surface area contributed by atoms with Crippen molar-refractivity contribution in [3.8, 4) is 0 Å². The van der Waals surface area contributed by atoms with Crippen LogP contribution in [0, 0.1) is 6.92 Å². The average molecular weight is 314 g/mol. The minimum atomic E-state index is 0.268. The molecule has 17 heavy (non-hydrogen) atoms. The highest BCUT2D eigenvalue weighted by atomic mass is 79.9. The number of fused-ring (bicyclic) bond motifs is 2. The third-order valence-corrected chi connectivity index (χ3v) is 5.72. The minimum Gasteiger partial charge on any atom is -0.332 e. The number of piperidine rings is 1. The van der Waals surface area contributed by atoms with Crippen molar-refractivity contribution in [2.45, 2.75) is 49.5 Å². The van der Waals surface area contributed by atoms with Crippen LogP contribution in [0.2, 0.25) is 0 Å². The first-order valence-electron chi connectivity index (χ1n) is 6.17. The average Bonchev–Trinajstić information content (AvgIpc) is 2.81. The summed E-state index contributed by atoms with van der Waals surface area (Å²) in [6, 6.07) is 2.97. The number of halogens is 1. The number of amides is 1. The van der Waals surface area contributed by atoms with Crippen molar-refractivity contribution < 1.29 is 4.79 Å². The third-order valence-electron chi connectivity index (χ3n) is 3.97. The topological polar surface area (TPSA) is 20.3 Å². The number of nitrogens with zero attached hydrogens (tertiary/aromatic N) is 1. The number of carbonyl (C=O) groups is 1. The van der Waals surface area contributed by atoms with Crippen molar-refractivity contribution in [3.63, 3.8) is 0 Å². The van der Waals surface area contributed by atoms with E-state index in [2.05, 4.69) is 20.8 Å². The van der Waals surface area contributed by atoms with E-state index < -0.39 is 0 Å². The fraction of sp³-hybridized carbons (Fsp3) is 0.615. The van der Waals surface area contributed by atoms with Gasteiger partial charge in [-0.05, 0) is 49.6 Å². The Morgan fingerprint density at radius 2 is 2.06 bits per heavy atom. The van der Waals surface area contributed by atoms with Gasteiger partial charge in [-0.1, -0.05) is 15.9 Å². The lowest BCUT2D eigenvalue weighted by Gasteiger charge is -2.37. The Bertz CT molecular complexity index is 430. The van der Waals surface area contributed by atoms with Crippen LogP contribution in [0.1, 0.15) is 40.9 Å². The summed E-state index contributed by atoms with van der Waals surface area (Å²) in [5.41, 5.74) is 1.13. The van der Waals surface area contributed by atoms with E-state index in [9.17, 15) is 4.79 Å². The normalized spacial score (nSPS) is 31.9. The molecule has 2 fully saturated rings. The molecule has 1 amide bonds. The zero-order valence-corrected chi connectivity index (χ0v) is 12.3. The molecule has 2 unspecified atom stereocenters. The zero-order chi connectivity index (χ0) is 12.0. The number of hydrogen-bond donors (Lipinski definition) is 0. The van der Waals surface area contributed by atoms with E-state index in [4.69, 9.17) is 0 Å². The number of thiophene rings is 1. The van der Waals surface area contributed by atoms with Crippen molar-refractivity contribution in [2.75, 3.05) is 0 Å². The molecule has 2 aliphatic rings. The molecule has 2 nitrogen and oxygen atoms in total. The molecule has 3 heterocycles. The van der Waals surface area contributed by atoms with Crippen LogP contribution in [-0.4, -0.2) is 27.7 Å². The molecule has 2 saturated heterocycles. The fourth-order valence-corrected chi connectivity index (χ4v) is 4.88. The first-order valence-corrected chi connectivity index (χ1v) is 7.97. The van der Waals surface area contributed by atoms with E-state index in [1.54, 1.807) is 11.3 Å². The smallest absolute Gasteiger partial charge is 0.264 e.